The lowest BCUT2D eigenvalue weighted by atomic mass is 10.0. The van der Waals surface area contributed by atoms with Crippen LogP contribution in [0.3, 0.4) is 0 Å². The summed E-state index contributed by atoms with van der Waals surface area (Å²) in [6.45, 7) is 2.00. The van der Waals surface area contributed by atoms with Gasteiger partial charge in [0, 0.05) is 0 Å². The minimum absolute atomic E-state index is 0.0128. The maximum absolute atomic E-state index is 5.48. The third-order valence-corrected chi connectivity index (χ3v) is 2.14. The van der Waals surface area contributed by atoms with Gasteiger partial charge >= 0.3 is 0 Å². The first-order valence-corrected chi connectivity index (χ1v) is 4.32. The van der Waals surface area contributed by atoms with Crippen molar-refractivity contribution >= 4 is 6.02 Å². The topological polar surface area (TPSA) is 47.6 Å². The van der Waals surface area contributed by atoms with Crippen LogP contribution in [0.25, 0.3) is 0 Å². The average Bonchev–Trinajstić information content (AvgIpc) is 2.47. The molecule has 1 aromatic rings. The number of hydrogen-bond donors (Lipinski definition) is 1. The second-order valence-electron chi connectivity index (χ2n) is 3.16. The Hall–Kier alpha value is -1.51. The molecule has 2 rings (SSSR count). The number of rotatable bonds is 1. The molecule has 68 valence electrons. The van der Waals surface area contributed by atoms with Gasteiger partial charge in [-0.05, 0) is 12.5 Å². The largest absolute Gasteiger partial charge is 0.455 e. The zero-order valence-corrected chi connectivity index (χ0v) is 7.47. The number of nitrogens with zero attached hydrogens (tertiary/aromatic N) is 1. The van der Waals surface area contributed by atoms with Gasteiger partial charge in [0.2, 0.25) is 0 Å². The molecule has 0 fully saturated rings. The van der Waals surface area contributed by atoms with Crippen molar-refractivity contribution in [1.29, 1.82) is 0 Å². The van der Waals surface area contributed by atoms with Gasteiger partial charge in [0.15, 0.2) is 0 Å². The van der Waals surface area contributed by atoms with E-state index in [1.807, 2.05) is 37.3 Å². The fourth-order valence-electron chi connectivity index (χ4n) is 1.52. The molecular weight excluding hydrogens is 164 g/mol. The molecule has 0 saturated carbocycles. The van der Waals surface area contributed by atoms with Crippen molar-refractivity contribution in [3.8, 4) is 0 Å². The molecule has 3 nitrogen and oxygen atoms in total. The third-order valence-electron chi connectivity index (χ3n) is 2.14. The molecular formula is C10H12N2O. The van der Waals surface area contributed by atoms with E-state index in [0.29, 0.717) is 6.02 Å². The fraction of sp³-hybridized carbons (Fsp3) is 0.300. The Morgan fingerprint density at radius 2 is 2.00 bits per heavy atom. The van der Waals surface area contributed by atoms with Crippen LogP contribution in [0, 0.1) is 0 Å². The summed E-state index contributed by atoms with van der Waals surface area (Å²) in [4.78, 5) is 4.12. The molecule has 1 aromatic carbocycles. The molecule has 3 heteroatoms. The van der Waals surface area contributed by atoms with E-state index in [9.17, 15) is 0 Å². The maximum Gasteiger partial charge on any atom is 0.283 e. The second-order valence-corrected chi connectivity index (χ2v) is 3.16. The SMILES string of the molecule is C[C@H]1N=C(N)O[C@@H]1c1ccccc1. The number of aliphatic imine (C=N–C) groups is 1. The van der Waals surface area contributed by atoms with Crippen LogP contribution in [-0.4, -0.2) is 12.1 Å². The molecule has 1 heterocycles. The van der Waals surface area contributed by atoms with E-state index < -0.39 is 0 Å². The Balaban J connectivity index is 2.21. The van der Waals surface area contributed by atoms with Crippen LogP contribution in [-0.2, 0) is 4.74 Å². The van der Waals surface area contributed by atoms with E-state index in [-0.39, 0.29) is 12.1 Å². The van der Waals surface area contributed by atoms with E-state index in [1.165, 1.54) is 0 Å². The van der Waals surface area contributed by atoms with Gasteiger partial charge in [0.1, 0.15) is 6.10 Å². The van der Waals surface area contributed by atoms with Crippen molar-refractivity contribution in [3.05, 3.63) is 35.9 Å². The number of ether oxygens (including phenoxy) is 1. The van der Waals surface area contributed by atoms with Gasteiger partial charge < -0.3 is 10.5 Å². The summed E-state index contributed by atoms with van der Waals surface area (Å²) in [5.74, 6) is 0. The van der Waals surface area contributed by atoms with E-state index in [0.717, 1.165) is 5.56 Å². The highest BCUT2D eigenvalue weighted by atomic mass is 16.5. The highest BCUT2D eigenvalue weighted by Gasteiger charge is 2.26. The van der Waals surface area contributed by atoms with Gasteiger partial charge in [-0.2, -0.15) is 0 Å². The van der Waals surface area contributed by atoms with Crippen LogP contribution in [0.2, 0.25) is 0 Å². The minimum Gasteiger partial charge on any atom is -0.455 e. The highest BCUT2D eigenvalue weighted by molar-refractivity contribution is 5.73. The van der Waals surface area contributed by atoms with Crippen molar-refractivity contribution < 1.29 is 4.74 Å². The van der Waals surface area contributed by atoms with E-state index in [4.69, 9.17) is 10.5 Å². The van der Waals surface area contributed by atoms with Crippen molar-refractivity contribution in [3.63, 3.8) is 0 Å². The highest BCUT2D eigenvalue weighted by Crippen LogP contribution is 2.27. The maximum atomic E-state index is 5.48. The quantitative estimate of drug-likeness (QED) is 0.704. The van der Waals surface area contributed by atoms with Gasteiger partial charge in [-0.25, -0.2) is 4.99 Å². The molecule has 0 aromatic heterocycles. The van der Waals surface area contributed by atoms with Crippen molar-refractivity contribution in [2.24, 2.45) is 10.7 Å². The first-order chi connectivity index (χ1) is 6.27. The summed E-state index contributed by atoms with van der Waals surface area (Å²) in [6.07, 6.45) is -0.0128. The number of nitrogens with two attached hydrogens (primary N) is 1. The molecule has 0 unspecified atom stereocenters. The Morgan fingerprint density at radius 3 is 2.54 bits per heavy atom. The molecule has 2 N–H and O–H groups in total. The predicted octanol–water partition coefficient (Wildman–Crippen LogP) is 1.46. The summed E-state index contributed by atoms with van der Waals surface area (Å²) >= 11 is 0. The first-order valence-electron chi connectivity index (χ1n) is 4.32. The fourth-order valence-corrected chi connectivity index (χ4v) is 1.52. The lowest BCUT2D eigenvalue weighted by molar-refractivity contribution is 0.199. The molecule has 2 atom stereocenters. The van der Waals surface area contributed by atoms with Gasteiger partial charge in [-0.3, -0.25) is 0 Å². The summed E-state index contributed by atoms with van der Waals surface area (Å²) in [5.41, 5.74) is 6.60. The summed E-state index contributed by atoms with van der Waals surface area (Å²) in [7, 11) is 0. The third kappa shape index (κ3) is 1.49. The second kappa shape index (κ2) is 3.09. The van der Waals surface area contributed by atoms with Gasteiger partial charge in [-0.1, -0.05) is 30.3 Å². The first kappa shape index (κ1) is 8.10. The van der Waals surface area contributed by atoms with Gasteiger partial charge in [0.25, 0.3) is 6.02 Å². The summed E-state index contributed by atoms with van der Waals surface area (Å²) in [5, 5.41) is 0. The summed E-state index contributed by atoms with van der Waals surface area (Å²) < 4.78 is 5.39. The van der Waals surface area contributed by atoms with Crippen LogP contribution in [0.15, 0.2) is 35.3 Å². The number of amidine groups is 1. The Kier molecular flexibility index (Phi) is 1.93. The predicted molar refractivity (Wildman–Crippen MR) is 51.4 cm³/mol. The molecule has 0 aliphatic carbocycles. The van der Waals surface area contributed by atoms with Gasteiger partial charge in [-0.15, -0.1) is 0 Å². The standard InChI is InChI=1S/C10H12N2O/c1-7-9(13-10(11)12-7)8-5-3-2-4-6-8/h2-7,9H,1H3,(H2,11,12)/t7-,9+/m1/s1. The van der Waals surface area contributed by atoms with Crippen LogP contribution in [0.4, 0.5) is 0 Å². The monoisotopic (exact) mass is 176 g/mol. The number of benzene rings is 1. The van der Waals surface area contributed by atoms with Crippen LogP contribution in [0.5, 0.6) is 0 Å². The molecule has 0 spiro atoms. The molecule has 0 saturated heterocycles. The van der Waals surface area contributed by atoms with E-state index in [2.05, 4.69) is 4.99 Å². The number of hydrogen-bond acceptors (Lipinski definition) is 3. The molecule has 1 aliphatic rings. The Labute approximate surface area is 77.2 Å². The lowest BCUT2D eigenvalue weighted by Gasteiger charge is -2.13. The average molecular weight is 176 g/mol. The van der Waals surface area contributed by atoms with E-state index >= 15 is 0 Å². The zero-order chi connectivity index (χ0) is 9.26. The molecule has 13 heavy (non-hydrogen) atoms. The molecule has 1 aliphatic heterocycles. The smallest absolute Gasteiger partial charge is 0.283 e. The van der Waals surface area contributed by atoms with Crippen LogP contribution >= 0.6 is 0 Å². The molecule has 0 radical (unpaired) electrons. The summed E-state index contributed by atoms with van der Waals surface area (Å²) in [6, 6.07) is 10.4. The molecule has 0 amide bonds. The normalized spacial score (nSPS) is 26.7. The van der Waals surface area contributed by atoms with Crippen molar-refractivity contribution in [2.45, 2.75) is 19.1 Å². The van der Waals surface area contributed by atoms with E-state index in [1.54, 1.807) is 0 Å². The van der Waals surface area contributed by atoms with Crippen LogP contribution < -0.4 is 5.73 Å². The Bertz CT molecular complexity index is 321. The lowest BCUT2D eigenvalue weighted by Crippen LogP contribution is -2.14. The zero-order valence-electron chi connectivity index (χ0n) is 7.47. The van der Waals surface area contributed by atoms with Crippen LogP contribution in [0.1, 0.15) is 18.6 Å². The Morgan fingerprint density at radius 1 is 1.31 bits per heavy atom. The van der Waals surface area contributed by atoms with Gasteiger partial charge in [0.05, 0.1) is 6.04 Å². The minimum atomic E-state index is -0.0128. The van der Waals surface area contributed by atoms with Crippen molar-refractivity contribution in [2.75, 3.05) is 0 Å². The van der Waals surface area contributed by atoms with Crippen molar-refractivity contribution in [1.82, 2.24) is 0 Å². The molecule has 0 bridgehead atoms.